The van der Waals surface area contributed by atoms with Gasteiger partial charge in [0.15, 0.2) is 0 Å². The van der Waals surface area contributed by atoms with Crippen LogP contribution >= 0.6 is 11.6 Å². The average molecular weight is 374 g/mol. The molecule has 1 aliphatic rings. The van der Waals surface area contributed by atoms with Crippen molar-refractivity contribution in [2.75, 3.05) is 6.54 Å². The molecule has 0 fully saturated rings. The first-order chi connectivity index (χ1) is 12.5. The Kier molecular flexibility index (Phi) is 5.59. The number of likely N-dealkylation sites (N-methyl/N-ethyl adjacent to an activating group) is 1. The van der Waals surface area contributed by atoms with Crippen molar-refractivity contribution in [1.29, 1.82) is 0 Å². The first kappa shape index (κ1) is 18.8. The lowest BCUT2D eigenvalue weighted by molar-refractivity contribution is 0.581. The molecule has 26 heavy (non-hydrogen) atoms. The minimum atomic E-state index is -0.452. The summed E-state index contributed by atoms with van der Waals surface area (Å²) in [6.45, 7) is 9.17. The highest BCUT2D eigenvalue weighted by atomic mass is 35.5. The summed E-state index contributed by atoms with van der Waals surface area (Å²) in [5.74, 6) is -0.879. The maximum absolute atomic E-state index is 14.6. The van der Waals surface area contributed by atoms with Gasteiger partial charge in [0.05, 0.1) is 0 Å². The fourth-order valence-electron chi connectivity index (χ4n) is 3.70. The molecule has 0 saturated carbocycles. The molecule has 0 aliphatic heterocycles. The Hall–Kier alpha value is -1.97. The number of rotatable bonds is 5. The average Bonchev–Trinajstić information content (AvgIpc) is 2.62. The van der Waals surface area contributed by atoms with Crippen LogP contribution in [0, 0.1) is 11.6 Å². The molecule has 0 spiro atoms. The summed E-state index contributed by atoms with van der Waals surface area (Å²) in [6, 6.07) is 9.29. The molecule has 4 heteroatoms. The van der Waals surface area contributed by atoms with Gasteiger partial charge in [-0.3, -0.25) is 0 Å². The van der Waals surface area contributed by atoms with Crippen LogP contribution in [0.2, 0.25) is 5.02 Å². The van der Waals surface area contributed by atoms with E-state index in [1.807, 2.05) is 25.1 Å². The summed E-state index contributed by atoms with van der Waals surface area (Å²) >= 11 is 6.16. The van der Waals surface area contributed by atoms with Gasteiger partial charge in [-0.05, 0) is 77.6 Å². The van der Waals surface area contributed by atoms with E-state index in [1.165, 1.54) is 12.1 Å². The van der Waals surface area contributed by atoms with E-state index in [2.05, 4.69) is 18.8 Å². The van der Waals surface area contributed by atoms with Crippen LogP contribution in [-0.4, -0.2) is 12.6 Å². The predicted molar refractivity (Wildman–Crippen MR) is 105 cm³/mol. The van der Waals surface area contributed by atoms with Crippen LogP contribution in [0.3, 0.4) is 0 Å². The molecule has 136 valence electrons. The Balaban J connectivity index is 2.25. The fourth-order valence-corrected chi connectivity index (χ4v) is 3.90. The van der Waals surface area contributed by atoms with E-state index >= 15 is 0 Å². The Bertz CT molecular complexity index is 886. The molecule has 0 amide bonds. The third kappa shape index (κ3) is 3.46. The molecular formula is C22H22ClF2N. The molecular weight excluding hydrogens is 352 g/mol. The van der Waals surface area contributed by atoms with E-state index in [4.69, 9.17) is 11.6 Å². The third-order valence-electron chi connectivity index (χ3n) is 4.87. The number of hydrogen-bond donors (Lipinski definition) is 1. The Labute approximate surface area is 158 Å². The molecule has 1 unspecified atom stereocenters. The maximum Gasteiger partial charge on any atom is 0.130 e. The lowest BCUT2D eigenvalue weighted by atomic mass is 9.77. The Morgan fingerprint density at radius 1 is 1.12 bits per heavy atom. The highest BCUT2D eigenvalue weighted by Crippen LogP contribution is 2.42. The number of nitrogens with one attached hydrogen (secondary N) is 1. The fraction of sp³-hybridized carbons (Fsp3) is 0.273. The lowest BCUT2D eigenvalue weighted by Gasteiger charge is -2.31. The molecule has 0 heterocycles. The van der Waals surface area contributed by atoms with Gasteiger partial charge in [0.25, 0.3) is 0 Å². The van der Waals surface area contributed by atoms with Crippen molar-refractivity contribution < 1.29 is 8.78 Å². The third-order valence-corrected chi connectivity index (χ3v) is 5.11. The molecule has 0 radical (unpaired) electrons. The van der Waals surface area contributed by atoms with Crippen LogP contribution in [0.4, 0.5) is 8.78 Å². The number of benzene rings is 2. The molecule has 0 aromatic heterocycles. The van der Waals surface area contributed by atoms with Crippen LogP contribution in [-0.2, 0) is 6.42 Å². The van der Waals surface area contributed by atoms with Crippen LogP contribution in [0.5, 0.6) is 0 Å². The van der Waals surface area contributed by atoms with Crippen LogP contribution in [0.1, 0.15) is 37.0 Å². The normalized spacial score (nSPS) is 15.2. The maximum atomic E-state index is 14.6. The van der Waals surface area contributed by atoms with Gasteiger partial charge in [-0.15, -0.1) is 0 Å². The standard InChI is InChI=1S/C22H22ClF2N/c1-4-21(26-5-2)22-13(3)17-8-6-15(23)10-14(17)11-19(22)18-12-16(24)7-9-20(18)25/h6-10,12,21,26H,3-5,11H2,1-2H3. The van der Waals surface area contributed by atoms with E-state index in [9.17, 15) is 8.78 Å². The highest BCUT2D eigenvalue weighted by Gasteiger charge is 2.28. The second kappa shape index (κ2) is 7.73. The van der Waals surface area contributed by atoms with E-state index in [0.717, 1.165) is 46.9 Å². The first-order valence-corrected chi connectivity index (χ1v) is 9.24. The van der Waals surface area contributed by atoms with Gasteiger partial charge in [-0.25, -0.2) is 8.78 Å². The van der Waals surface area contributed by atoms with Gasteiger partial charge in [0.1, 0.15) is 11.6 Å². The number of allylic oxidation sites excluding steroid dienone is 1. The van der Waals surface area contributed by atoms with Gasteiger partial charge >= 0.3 is 0 Å². The zero-order chi connectivity index (χ0) is 18.8. The van der Waals surface area contributed by atoms with Crippen molar-refractivity contribution in [2.24, 2.45) is 0 Å². The zero-order valence-corrected chi connectivity index (χ0v) is 15.8. The molecule has 2 aromatic carbocycles. The summed E-state index contributed by atoms with van der Waals surface area (Å²) in [6.07, 6.45) is 1.32. The molecule has 1 nitrogen and oxygen atoms in total. The van der Waals surface area contributed by atoms with Gasteiger partial charge in [-0.2, -0.15) is 0 Å². The highest BCUT2D eigenvalue weighted by molar-refractivity contribution is 6.30. The van der Waals surface area contributed by atoms with Crippen molar-refractivity contribution in [3.05, 3.63) is 81.9 Å². The van der Waals surface area contributed by atoms with E-state index in [1.54, 1.807) is 0 Å². The van der Waals surface area contributed by atoms with Gasteiger partial charge in [0, 0.05) is 16.6 Å². The molecule has 2 aromatic rings. The van der Waals surface area contributed by atoms with Crippen molar-refractivity contribution in [1.82, 2.24) is 5.32 Å². The summed E-state index contributed by atoms with van der Waals surface area (Å²) in [5.41, 5.74) is 4.86. The number of fused-ring (bicyclic) bond motifs is 1. The zero-order valence-electron chi connectivity index (χ0n) is 15.0. The second-order valence-electron chi connectivity index (χ2n) is 6.49. The largest absolute Gasteiger partial charge is 0.310 e. The van der Waals surface area contributed by atoms with Crippen molar-refractivity contribution >= 4 is 22.7 Å². The summed E-state index contributed by atoms with van der Waals surface area (Å²) in [7, 11) is 0. The van der Waals surface area contributed by atoms with E-state index in [0.29, 0.717) is 17.0 Å². The Morgan fingerprint density at radius 2 is 1.88 bits per heavy atom. The predicted octanol–water partition coefficient (Wildman–Crippen LogP) is 6.03. The van der Waals surface area contributed by atoms with Gasteiger partial charge < -0.3 is 5.32 Å². The van der Waals surface area contributed by atoms with E-state index in [-0.39, 0.29) is 6.04 Å². The van der Waals surface area contributed by atoms with E-state index < -0.39 is 11.6 Å². The van der Waals surface area contributed by atoms with Crippen molar-refractivity contribution in [3.63, 3.8) is 0 Å². The van der Waals surface area contributed by atoms with Crippen molar-refractivity contribution in [2.45, 2.75) is 32.7 Å². The van der Waals surface area contributed by atoms with Gasteiger partial charge in [0.2, 0.25) is 0 Å². The number of halogens is 3. The summed E-state index contributed by atoms with van der Waals surface area (Å²) in [5, 5.41) is 4.07. The minimum absolute atomic E-state index is 0.0222. The van der Waals surface area contributed by atoms with Crippen LogP contribution in [0.25, 0.3) is 11.1 Å². The molecule has 1 atom stereocenters. The summed E-state index contributed by atoms with van der Waals surface area (Å²) in [4.78, 5) is 0. The number of hydrogen-bond acceptors (Lipinski definition) is 1. The van der Waals surface area contributed by atoms with Crippen LogP contribution < -0.4 is 5.32 Å². The quantitative estimate of drug-likeness (QED) is 0.674. The smallest absolute Gasteiger partial charge is 0.130 e. The summed E-state index contributed by atoms with van der Waals surface area (Å²) < 4.78 is 28.5. The molecule has 0 bridgehead atoms. The molecule has 1 aliphatic carbocycles. The van der Waals surface area contributed by atoms with Crippen molar-refractivity contribution in [3.8, 4) is 0 Å². The lowest BCUT2D eigenvalue weighted by Crippen LogP contribution is -2.32. The molecule has 0 saturated heterocycles. The molecule has 1 N–H and O–H groups in total. The van der Waals surface area contributed by atoms with Gasteiger partial charge in [-0.1, -0.05) is 38.1 Å². The monoisotopic (exact) mass is 373 g/mol. The molecule has 3 rings (SSSR count). The first-order valence-electron chi connectivity index (χ1n) is 8.86. The Morgan fingerprint density at radius 3 is 2.58 bits per heavy atom. The minimum Gasteiger partial charge on any atom is -0.310 e. The van der Waals surface area contributed by atoms with Crippen LogP contribution in [0.15, 0.2) is 48.6 Å². The second-order valence-corrected chi connectivity index (χ2v) is 6.93. The topological polar surface area (TPSA) is 12.0 Å². The SMILES string of the molecule is C=C1C(C(CC)NCC)=C(c2cc(F)ccc2F)Cc2cc(Cl)ccc21.